The van der Waals surface area contributed by atoms with Crippen LogP contribution in [-0.4, -0.2) is 27.9 Å². The summed E-state index contributed by atoms with van der Waals surface area (Å²) in [5.74, 6) is 0.584. The Morgan fingerprint density at radius 3 is 3.12 bits per heavy atom. The van der Waals surface area contributed by atoms with E-state index in [2.05, 4.69) is 21.5 Å². The highest BCUT2D eigenvalue weighted by Crippen LogP contribution is 2.32. The van der Waals surface area contributed by atoms with Crippen molar-refractivity contribution in [1.29, 1.82) is 0 Å². The minimum absolute atomic E-state index is 0.584. The molecular weight excluding hydrogens is 212 g/mol. The summed E-state index contributed by atoms with van der Waals surface area (Å²) in [7, 11) is 2.04. The molecule has 2 aromatic heterocycles. The van der Waals surface area contributed by atoms with E-state index in [0.29, 0.717) is 5.92 Å². The van der Waals surface area contributed by atoms with Gasteiger partial charge in [-0.2, -0.15) is 5.10 Å². The van der Waals surface area contributed by atoms with Gasteiger partial charge in [-0.15, -0.1) is 0 Å². The lowest BCUT2D eigenvalue weighted by Crippen LogP contribution is -2.29. The first-order chi connectivity index (χ1) is 8.36. The molecule has 0 aliphatic carbocycles. The first-order valence-corrected chi connectivity index (χ1v) is 6.22. The number of piperidine rings is 1. The average Bonchev–Trinajstić information content (AvgIpc) is 2.98. The molecule has 3 heterocycles. The van der Waals surface area contributed by atoms with Crippen molar-refractivity contribution >= 4 is 0 Å². The van der Waals surface area contributed by atoms with E-state index in [1.807, 2.05) is 30.3 Å². The van der Waals surface area contributed by atoms with Crippen LogP contribution >= 0.6 is 0 Å². The summed E-state index contributed by atoms with van der Waals surface area (Å²) >= 11 is 0. The Morgan fingerprint density at radius 2 is 2.41 bits per heavy atom. The van der Waals surface area contributed by atoms with Crippen molar-refractivity contribution in [1.82, 2.24) is 20.1 Å². The number of H-pyrrole nitrogens is 1. The Labute approximate surface area is 101 Å². The Balaban J connectivity index is 2.00. The molecule has 1 saturated heterocycles. The molecule has 0 bridgehead atoms. The number of rotatable bonds is 2. The van der Waals surface area contributed by atoms with E-state index in [1.54, 1.807) is 0 Å². The quantitative estimate of drug-likeness (QED) is 0.827. The van der Waals surface area contributed by atoms with Gasteiger partial charge in [-0.25, -0.2) is 0 Å². The molecule has 0 saturated carbocycles. The van der Waals surface area contributed by atoms with Gasteiger partial charge >= 0.3 is 0 Å². The summed E-state index contributed by atoms with van der Waals surface area (Å²) < 4.78 is 2.03. The van der Waals surface area contributed by atoms with Crippen molar-refractivity contribution in [3.63, 3.8) is 0 Å². The second kappa shape index (κ2) is 4.37. The number of hydrogen-bond donors (Lipinski definition) is 2. The molecule has 4 nitrogen and oxygen atoms in total. The van der Waals surface area contributed by atoms with Crippen LogP contribution in [0.4, 0.5) is 0 Å². The highest BCUT2D eigenvalue weighted by Gasteiger charge is 2.22. The van der Waals surface area contributed by atoms with Crippen LogP contribution in [0.1, 0.15) is 24.5 Å². The molecule has 90 valence electrons. The topological polar surface area (TPSA) is 45.6 Å². The van der Waals surface area contributed by atoms with Crippen molar-refractivity contribution in [2.45, 2.75) is 18.8 Å². The maximum atomic E-state index is 4.42. The van der Waals surface area contributed by atoms with Crippen LogP contribution in [0, 0.1) is 0 Å². The molecule has 1 fully saturated rings. The van der Waals surface area contributed by atoms with Crippen LogP contribution in [0.15, 0.2) is 24.7 Å². The van der Waals surface area contributed by atoms with E-state index >= 15 is 0 Å². The van der Waals surface area contributed by atoms with E-state index in [9.17, 15) is 0 Å². The van der Waals surface area contributed by atoms with Gasteiger partial charge in [0.05, 0.1) is 11.9 Å². The van der Waals surface area contributed by atoms with Crippen molar-refractivity contribution in [3.05, 3.63) is 30.4 Å². The number of nitrogens with one attached hydrogen (secondary N) is 2. The van der Waals surface area contributed by atoms with Gasteiger partial charge in [0.15, 0.2) is 0 Å². The van der Waals surface area contributed by atoms with E-state index in [1.165, 1.54) is 29.7 Å². The fourth-order valence-electron chi connectivity index (χ4n) is 2.73. The molecule has 2 N–H and O–H groups in total. The monoisotopic (exact) mass is 230 g/mol. The normalized spacial score (nSPS) is 20.6. The van der Waals surface area contributed by atoms with Gasteiger partial charge in [-0.1, -0.05) is 0 Å². The summed E-state index contributed by atoms with van der Waals surface area (Å²) in [6.07, 6.45) is 8.49. The van der Waals surface area contributed by atoms with E-state index in [-0.39, 0.29) is 0 Å². The SMILES string of the molecule is Cn1ncc(-c2cc[nH]c2)c1C1CCCNC1. The molecule has 1 aliphatic heterocycles. The molecule has 0 amide bonds. The van der Waals surface area contributed by atoms with Crippen molar-refractivity contribution in [2.24, 2.45) is 7.05 Å². The summed E-state index contributed by atoms with van der Waals surface area (Å²) in [6.45, 7) is 2.21. The van der Waals surface area contributed by atoms with Crippen LogP contribution in [0.25, 0.3) is 11.1 Å². The third-order valence-electron chi connectivity index (χ3n) is 3.58. The first-order valence-electron chi connectivity index (χ1n) is 6.22. The van der Waals surface area contributed by atoms with E-state index in [0.717, 1.165) is 13.1 Å². The minimum Gasteiger partial charge on any atom is -0.367 e. The lowest BCUT2D eigenvalue weighted by molar-refractivity contribution is 0.442. The molecule has 1 unspecified atom stereocenters. The zero-order chi connectivity index (χ0) is 11.7. The number of aromatic amines is 1. The number of aryl methyl sites for hydroxylation is 1. The maximum Gasteiger partial charge on any atom is 0.0571 e. The molecule has 0 spiro atoms. The van der Waals surface area contributed by atoms with Crippen LogP contribution in [-0.2, 0) is 7.05 Å². The predicted octanol–water partition coefficient (Wildman–Crippen LogP) is 1.88. The maximum absolute atomic E-state index is 4.42. The van der Waals surface area contributed by atoms with Crippen LogP contribution in [0.3, 0.4) is 0 Å². The lowest BCUT2D eigenvalue weighted by atomic mass is 9.92. The third kappa shape index (κ3) is 1.89. The van der Waals surface area contributed by atoms with Crippen molar-refractivity contribution in [2.75, 3.05) is 13.1 Å². The minimum atomic E-state index is 0.584. The van der Waals surface area contributed by atoms with Gasteiger partial charge in [0, 0.05) is 43.0 Å². The number of aromatic nitrogens is 3. The van der Waals surface area contributed by atoms with Crippen LogP contribution in [0.2, 0.25) is 0 Å². The molecular formula is C13H18N4. The largest absolute Gasteiger partial charge is 0.367 e. The van der Waals surface area contributed by atoms with Crippen molar-refractivity contribution < 1.29 is 0 Å². The first kappa shape index (κ1) is 10.6. The summed E-state index contributed by atoms with van der Waals surface area (Å²) in [4.78, 5) is 3.11. The molecule has 2 aromatic rings. The highest BCUT2D eigenvalue weighted by molar-refractivity contribution is 5.65. The molecule has 0 radical (unpaired) electrons. The Bertz CT molecular complexity index is 477. The smallest absolute Gasteiger partial charge is 0.0571 e. The van der Waals surface area contributed by atoms with Crippen LogP contribution < -0.4 is 5.32 Å². The molecule has 0 aromatic carbocycles. The van der Waals surface area contributed by atoms with E-state index in [4.69, 9.17) is 0 Å². The van der Waals surface area contributed by atoms with Gasteiger partial charge in [-0.3, -0.25) is 4.68 Å². The van der Waals surface area contributed by atoms with E-state index < -0.39 is 0 Å². The van der Waals surface area contributed by atoms with Gasteiger partial charge in [0.2, 0.25) is 0 Å². The Morgan fingerprint density at radius 1 is 1.47 bits per heavy atom. The van der Waals surface area contributed by atoms with Gasteiger partial charge in [0.1, 0.15) is 0 Å². The summed E-state index contributed by atoms with van der Waals surface area (Å²) in [5.41, 5.74) is 3.86. The lowest BCUT2D eigenvalue weighted by Gasteiger charge is -2.24. The second-order valence-electron chi connectivity index (χ2n) is 4.71. The Kier molecular flexibility index (Phi) is 2.73. The summed E-state index contributed by atoms with van der Waals surface area (Å²) in [5, 5.41) is 7.90. The molecule has 1 aliphatic rings. The predicted molar refractivity (Wildman–Crippen MR) is 67.8 cm³/mol. The molecule has 4 heteroatoms. The van der Waals surface area contributed by atoms with Gasteiger partial charge < -0.3 is 10.3 Å². The fraction of sp³-hybridized carbons (Fsp3) is 0.462. The standard InChI is InChI=1S/C13H18N4/c1-17-13(11-3-2-5-14-8-11)12(9-16-17)10-4-6-15-7-10/h4,6-7,9,11,14-15H,2-3,5,8H2,1H3. The number of hydrogen-bond acceptors (Lipinski definition) is 2. The van der Waals surface area contributed by atoms with Gasteiger partial charge in [0.25, 0.3) is 0 Å². The number of nitrogens with zero attached hydrogens (tertiary/aromatic N) is 2. The highest BCUT2D eigenvalue weighted by atomic mass is 15.3. The summed E-state index contributed by atoms with van der Waals surface area (Å²) in [6, 6.07) is 2.11. The zero-order valence-corrected chi connectivity index (χ0v) is 10.1. The van der Waals surface area contributed by atoms with Crippen LogP contribution in [0.5, 0.6) is 0 Å². The third-order valence-corrected chi connectivity index (χ3v) is 3.58. The van der Waals surface area contributed by atoms with Crippen molar-refractivity contribution in [3.8, 4) is 11.1 Å². The molecule has 1 atom stereocenters. The fourth-order valence-corrected chi connectivity index (χ4v) is 2.73. The second-order valence-corrected chi connectivity index (χ2v) is 4.71. The van der Waals surface area contributed by atoms with Gasteiger partial charge in [-0.05, 0) is 25.5 Å². The zero-order valence-electron chi connectivity index (χ0n) is 10.1. The Hall–Kier alpha value is -1.55. The molecule has 3 rings (SSSR count). The molecule has 17 heavy (non-hydrogen) atoms. The average molecular weight is 230 g/mol.